The van der Waals surface area contributed by atoms with Crippen molar-refractivity contribution in [1.29, 1.82) is 0 Å². The van der Waals surface area contributed by atoms with Gasteiger partial charge in [-0.3, -0.25) is 0 Å². The number of hydrogen-bond acceptors (Lipinski definition) is 4. The summed E-state index contributed by atoms with van der Waals surface area (Å²) in [5.74, 6) is -0.616. The predicted octanol–water partition coefficient (Wildman–Crippen LogP) is 2.26. The highest BCUT2D eigenvalue weighted by Gasteiger charge is 2.32. The summed E-state index contributed by atoms with van der Waals surface area (Å²) in [6.07, 6.45) is -3.01. The molecule has 2 aromatic rings. The number of alkyl halides is 3. The van der Waals surface area contributed by atoms with Gasteiger partial charge in [0.25, 0.3) is 0 Å². The zero-order valence-electron chi connectivity index (χ0n) is 10.3. The lowest BCUT2D eigenvalue weighted by Crippen LogP contribution is -2.06. The van der Waals surface area contributed by atoms with Crippen molar-refractivity contribution >= 4 is 11.7 Å². The first-order chi connectivity index (χ1) is 9.32. The first-order valence-electron chi connectivity index (χ1n) is 5.43. The van der Waals surface area contributed by atoms with Crippen molar-refractivity contribution < 1.29 is 22.7 Å². The summed E-state index contributed by atoms with van der Waals surface area (Å²) >= 11 is 0. The Bertz CT molecular complexity index is 650. The predicted molar refractivity (Wildman–Crippen MR) is 64.3 cm³/mol. The van der Waals surface area contributed by atoms with Crippen molar-refractivity contribution in [3.05, 3.63) is 41.7 Å². The van der Waals surface area contributed by atoms with E-state index in [9.17, 15) is 18.0 Å². The molecule has 0 spiro atoms. The number of anilines is 1. The minimum absolute atomic E-state index is 0.167. The van der Waals surface area contributed by atoms with Crippen LogP contribution in [0.1, 0.15) is 15.9 Å². The van der Waals surface area contributed by atoms with E-state index in [1.807, 2.05) is 0 Å². The van der Waals surface area contributed by atoms with Crippen molar-refractivity contribution in [1.82, 2.24) is 9.78 Å². The van der Waals surface area contributed by atoms with Crippen LogP contribution in [0.25, 0.3) is 5.69 Å². The maximum atomic E-state index is 12.5. The molecule has 0 saturated carbocycles. The third-order valence-electron chi connectivity index (χ3n) is 2.61. The number of methoxy groups -OCH3 is 1. The largest absolute Gasteiger partial charge is 0.465 e. The second-order valence-electron chi connectivity index (χ2n) is 3.94. The number of halogens is 3. The van der Waals surface area contributed by atoms with Gasteiger partial charge in [0.1, 0.15) is 0 Å². The molecule has 0 bridgehead atoms. The van der Waals surface area contributed by atoms with Crippen molar-refractivity contribution in [2.45, 2.75) is 6.18 Å². The van der Waals surface area contributed by atoms with Gasteiger partial charge in [0.2, 0.25) is 0 Å². The molecule has 0 unspecified atom stereocenters. The second-order valence-corrected chi connectivity index (χ2v) is 3.94. The van der Waals surface area contributed by atoms with Crippen LogP contribution in [0, 0.1) is 0 Å². The Morgan fingerprint density at radius 3 is 2.65 bits per heavy atom. The minimum atomic E-state index is -4.49. The summed E-state index contributed by atoms with van der Waals surface area (Å²) in [7, 11) is 1.20. The van der Waals surface area contributed by atoms with E-state index in [4.69, 9.17) is 5.73 Å². The summed E-state index contributed by atoms with van der Waals surface area (Å²) in [5, 5.41) is 3.60. The summed E-state index contributed by atoms with van der Waals surface area (Å²) in [5.41, 5.74) is 5.31. The standard InChI is InChI=1S/C12H10F3N3O2/c1-20-11(19)7-2-3-9(16)10(4-7)18-6-8(5-17-18)12(13,14)15/h2-6H,16H2,1H3. The third-order valence-corrected chi connectivity index (χ3v) is 2.61. The van der Waals surface area contributed by atoms with Crippen LogP contribution < -0.4 is 5.73 Å². The van der Waals surface area contributed by atoms with E-state index in [0.29, 0.717) is 6.20 Å². The van der Waals surface area contributed by atoms with E-state index in [0.717, 1.165) is 10.9 Å². The number of ether oxygens (including phenoxy) is 1. The molecule has 1 aromatic heterocycles. The molecule has 0 aliphatic carbocycles. The van der Waals surface area contributed by atoms with Crippen LogP contribution in [-0.4, -0.2) is 22.9 Å². The fourth-order valence-corrected chi connectivity index (χ4v) is 1.59. The van der Waals surface area contributed by atoms with Gasteiger partial charge in [0, 0.05) is 6.20 Å². The Morgan fingerprint density at radius 1 is 1.40 bits per heavy atom. The highest BCUT2D eigenvalue weighted by atomic mass is 19.4. The van der Waals surface area contributed by atoms with E-state index in [-0.39, 0.29) is 16.9 Å². The molecule has 1 heterocycles. The Hall–Kier alpha value is -2.51. The fourth-order valence-electron chi connectivity index (χ4n) is 1.59. The van der Waals surface area contributed by atoms with E-state index >= 15 is 0 Å². The van der Waals surface area contributed by atoms with E-state index in [1.54, 1.807) is 0 Å². The summed E-state index contributed by atoms with van der Waals surface area (Å²) in [4.78, 5) is 11.4. The zero-order valence-corrected chi connectivity index (χ0v) is 10.3. The lowest BCUT2D eigenvalue weighted by Gasteiger charge is -2.08. The Kier molecular flexibility index (Phi) is 3.39. The molecule has 0 amide bonds. The average molecular weight is 285 g/mol. The highest BCUT2D eigenvalue weighted by molar-refractivity contribution is 5.90. The first-order valence-corrected chi connectivity index (χ1v) is 5.43. The molecule has 0 aliphatic rings. The van der Waals surface area contributed by atoms with E-state index in [2.05, 4.69) is 9.84 Å². The van der Waals surface area contributed by atoms with Gasteiger partial charge in [-0.05, 0) is 18.2 Å². The molecule has 20 heavy (non-hydrogen) atoms. The molecule has 8 heteroatoms. The summed E-state index contributed by atoms with van der Waals surface area (Å²) in [6.45, 7) is 0. The fraction of sp³-hybridized carbons (Fsp3) is 0.167. The van der Waals surface area contributed by atoms with Crippen molar-refractivity contribution in [3.8, 4) is 5.69 Å². The van der Waals surface area contributed by atoms with Crippen LogP contribution in [0.15, 0.2) is 30.6 Å². The Labute approximate surface area is 111 Å². The summed E-state index contributed by atoms with van der Waals surface area (Å²) < 4.78 is 43.1. The molecule has 0 radical (unpaired) electrons. The Morgan fingerprint density at radius 2 is 2.10 bits per heavy atom. The van der Waals surface area contributed by atoms with Gasteiger partial charge in [-0.1, -0.05) is 0 Å². The molecule has 2 N–H and O–H groups in total. The maximum Gasteiger partial charge on any atom is 0.419 e. The number of aromatic nitrogens is 2. The van der Waals surface area contributed by atoms with Crippen LogP contribution in [0.2, 0.25) is 0 Å². The van der Waals surface area contributed by atoms with Crippen LogP contribution in [0.3, 0.4) is 0 Å². The molecule has 0 aliphatic heterocycles. The molecule has 0 fully saturated rings. The highest BCUT2D eigenvalue weighted by Crippen LogP contribution is 2.30. The molecule has 2 rings (SSSR count). The average Bonchev–Trinajstić information content (AvgIpc) is 2.87. The summed E-state index contributed by atoms with van der Waals surface area (Å²) in [6, 6.07) is 4.13. The molecular formula is C12H10F3N3O2. The SMILES string of the molecule is COC(=O)c1ccc(N)c(-n2cc(C(F)(F)F)cn2)c1. The number of carbonyl (C=O) groups is 1. The number of rotatable bonds is 2. The third kappa shape index (κ3) is 2.58. The number of nitrogens with zero attached hydrogens (tertiary/aromatic N) is 2. The maximum absolute atomic E-state index is 12.5. The molecule has 0 saturated heterocycles. The van der Waals surface area contributed by atoms with Gasteiger partial charge < -0.3 is 10.5 Å². The minimum Gasteiger partial charge on any atom is -0.465 e. The molecule has 0 atom stereocenters. The smallest absolute Gasteiger partial charge is 0.419 e. The van der Waals surface area contributed by atoms with E-state index < -0.39 is 17.7 Å². The van der Waals surface area contributed by atoms with Crippen LogP contribution in [0.5, 0.6) is 0 Å². The number of nitrogen functional groups attached to an aromatic ring is 1. The molecular weight excluding hydrogens is 275 g/mol. The second kappa shape index (κ2) is 4.87. The van der Waals surface area contributed by atoms with Crippen LogP contribution in [-0.2, 0) is 10.9 Å². The van der Waals surface area contributed by atoms with Crippen LogP contribution >= 0.6 is 0 Å². The van der Waals surface area contributed by atoms with Crippen molar-refractivity contribution in [3.63, 3.8) is 0 Å². The monoisotopic (exact) mass is 285 g/mol. The zero-order chi connectivity index (χ0) is 14.9. The molecule has 5 nitrogen and oxygen atoms in total. The van der Waals surface area contributed by atoms with Crippen molar-refractivity contribution in [2.24, 2.45) is 0 Å². The quantitative estimate of drug-likeness (QED) is 0.678. The van der Waals surface area contributed by atoms with Crippen LogP contribution in [0.4, 0.5) is 18.9 Å². The lowest BCUT2D eigenvalue weighted by molar-refractivity contribution is -0.137. The van der Waals surface area contributed by atoms with Gasteiger partial charge in [-0.15, -0.1) is 0 Å². The van der Waals surface area contributed by atoms with Gasteiger partial charge in [-0.2, -0.15) is 18.3 Å². The van der Waals surface area contributed by atoms with Gasteiger partial charge in [0.05, 0.1) is 35.8 Å². The number of benzene rings is 1. The Balaban J connectivity index is 2.47. The molecule has 1 aromatic carbocycles. The topological polar surface area (TPSA) is 70.1 Å². The number of nitrogens with two attached hydrogens (primary N) is 1. The number of carbonyl (C=O) groups excluding carboxylic acids is 1. The normalized spacial score (nSPS) is 11.4. The number of hydrogen-bond donors (Lipinski definition) is 1. The molecule has 106 valence electrons. The lowest BCUT2D eigenvalue weighted by atomic mass is 10.1. The van der Waals surface area contributed by atoms with Gasteiger partial charge >= 0.3 is 12.1 Å². The first kappa shape index (κ1) is 13.9. The van der Waals surface area contributed by atoms with E-state index in [1.165, 1.54) is 25.3 Å². The van der Waals surface area contributed by atoms with Gasteiger partial charge in [-0.25, -0.2) is 9.48 Å². The van der Waals surface area contributed by atoms with Crippen molar-refractivity contribution in [2.75, 3.05) is 12.8 Å². The van der Waals surface area contributed by atoms with Gasteiger partial charge in [0.15, 0.2) is 0 Å². The number of esters is 1.